The zero-order valence-corrected chi connectivity index (χ0v) is 20.1. The average Bonchev–Trinajstić information content (AvgIpc) is 2.70. The van der Waals surface area contributed by atoms with Crippen molar-refractivity contribution < 1.29 is 19.1 Å². The van der Waals surface area contributed by atoms with Crippen LogP contribution in [0, 0.1) is 5.41 Å². The van der Waals surface area contributed by atoms with E-state index in [1.54, 1.807) is 19.9 Å². The summed E-state index contributed by atoms with van der Waals surface area (Å²) in [5.74, 6) is -0.941. The summed E-state index contributed by atoms with van der Waals surface area (Å²) in [5, 5.41) is 0.716. The normalized spacial score (nSPS) is 11.4. The quantitative estimate of drug-likeness (QED) is 0.116. The van der Waals surface area contributed by atoms with Crippen LogP contribution in [0.1, 0.15) is 91.4 Å². The van der Waals surface area contributed by atoms with Crippen molar-refractivity contribution in [3.05, 3.63) is 28.2 Å². The van der Waals surface area contributed by atoms with Gasteiger partial charge >= 0.3 is 11.9 Å². The molecule has 0 N–H and O–H groups in total. The van der Waals surface area contributed by atoms with Crippen LogP contribution < -0.4 is 4.74 Å². The molecule has 1 aromatic carbocycles. The smallest absolute Gasteiger partial charge is 0.328 e. The Kier molecular flexibility index (Phi) is 13.1. The predicted octanol–water partition coefficient (Wildman–Crippen LogP) is 7.78. The van der Waals surface area contributed by atoms with Crippen LogP contribution in [0.25, 0.3) is 0 Å². The highest BCUT2D eigenvalue weighted by atomic mass is 35.5. The van der Waals surface area contributed by atoms with Gasteiger partial charge in [0.15, 0.2) is 5.41 Å². The molecule has 0 fully saturated rings. The number of hydrogen-bond donors (Lipinski definition) is 0. The lowest BCUT2D eigenvalue weighted by molar-refractivity contribution is -0.168. The second kappa shape index (κ2) is 14.7. The average molecular weight is 459 g/mol. The number of hydrogen-bond acceptors (Lipinski definition) is 4. The van der Waals surface area contributed by atoms with Gasteiger partial charge < -0.3 is 9.47 Å². The summed E-state index contributed by atoms with van der Waals surface area (Å²) in [6, 6.07) is 4.54. The van der Waals surface area contributed by atoms with Crippen molar-refractivity contribution in [1.82, 2.24) is 0 Å². The highest BCUT2D eigenvalue weighted by molar-refractivity contribution is 6.34. The molecule has 30 heavy (non-hydrogen) atoms. The number of ether oxygens (including phenoxy) is 2. The van der Waals surface area contributed by atoms with E-state index in [9.17, 15) is 9.59 Å². The third kappa shape index (κ3) is 8.85. The Morgan fingerprint density at radius 3 is 1.77 bits per heavy atom. The van der Waals surface area contributed by atoms with E-state index in [1.165, 1.54) is 50.7 Å². The lowest BCUT2D eigenvalue weighted by atomic mass is 9.82. The maximum atomic E-state index is 12.8. The first kappa shape index (κ1) is 26.8. The Hall–Kier alpha value is -1.26. The van der Waals surface area contributed by atoms with Crippen LogP contribution in [0.5, 0.6) is 5.75 Å². The third-order valence-corrected chi connectivity index (χ3v) is 5.95. The number of benzene rings is 1. The molecule has 0 saturated carbocycles. The summed E-state index contributed by atoms with van der Waals surface area (Å²) in [7, 11) is 0. The lowest BCUT2D eigenvalue weighted by Crippen LogP contribution is -2.42. The molecule has 6 heteroatoms. The monoisotopic (exact) mass is 458 g/mol. The molecule has 1 aromatic rings. The summed E-state index contributed by atoms with van der Waals surface area (Å²) in [6.07, 6.45) is 11.3. The summed E-state index contributed by atoms with van der Waals surface area (Å²) < 4.78 is 10.9. The van der Waals surface area contributed by atoms with Crippen LogP contribution in [0.2, 0.25) is 10.0 Å². The minimum atomic E-state index is -1.33. The van der Waals surface area contributed by atoms with Gasteiger partial charge in [-0.05, 0) is 37.5 Å². The Balaban J connectivity index is 2.47. The molecule has 0 unspecified atom stereocenters. The molecule has 0 bridgehead atoms. The van der Waals surface area contributed by atoms with Crippen LogP contribution in [0.3, 0.4) is 0 Å². The van der Waals surface area contributed by atoms with E-state index in [-0.39, 0.29) is 5.75 Å². The zero-order chi connectivity index (χ0) is 22.4. The number of esters is 2. The van der Waals surface area contributed by atoms with Crippen molar-refractivity contribution in [2.45, 2.75) is 91.4 Å². The summed E-state index contributed by atoms with van der Waals surface area (Å²) in [5.41, 5.74) is -1.33. The largest absolute Gasteiger partial charge is 0.465 e. The lowest BCUT2D eigenvalue weighted by Gasteiger charge is -2.26. The molecule has 0 radical (unpaired) electrons. The first-order valence-corrected chi connectivity index (χ1v) is 12.0. The molecule has 0 aromatic heterocycles. The first-order valence-electron chi connectivity index (χ1n) is 11.2. The van der Waals surface area contributed by atoms with Gasteiger partial charge in [0.2, 0.25) is 0 Å². The minimum Gasteiger partial charge on any atom is -0.465 e. The molecule has 0 spiro atoms. The number of halogens is 2. The third-order valence-electron chi connectivity index (χ3n) is 5.52. The maximum Gasteiger partial charge on any atom is 0.328 e. The van der Waals surface area contributed by atoms with Gasteiger partial charge in [-0.25, -0.2) is 0 Å². The van der Waals surface area contributed by atoms with E-state index in [0.29, 0.717) is 29.5 Å². The molecular formula is C24H36Cl2O4. The van der Waals surface area contributed by atoms with Crippen molar-refractivity contribution in [2.24, 2.45) is 5.41 Å². The minimum absolute atomic E-state index is 0.218. The number of rotatable bonds is 15. The highest BCUT2D eigenvalue weighted by Crippen LogP contribution is 2.32. The topological polar surface area (TPSA) is 52.6 Å². The van der Waals surface area contributed by atoms with E-state index < -0.39 is 17.4 Å². The van der Waals surface area contributed by atoms with Crippen molar-refractivity contribution in [2.75, 3.05) is 6.61 Å². The highest BCUT2D eigenvalue weighted by Gasteiger charge is 2.46. The Labute approximate surface area is 191 Å². The fourth-order valence-electron chi connectivity index (χ4n) is 3.42. The molecule has 0 aliphatic rings. The summed E-state index contributed by atoms with van der Waals surface area (Å²) in [6.45, 7) is 6.12. The van der Waals surface area contributed by atoms with Gasteiger partial charge in [0.1, 0.15) is 5.75 Å². The van der Waals surface area contributed by atoms with Gasteiger partial charge in [0.25, 0.3) is 0 Å². The zero-order valence-electron chi connectivity index (χ0n) is 18.6. The van der Waals surface area contributed by atoms with Crippen molar-refractivity contribution in [3.63, 3.8) is 0 Å². The molecule has 0 aliphatic carbocycles. The molecule has 1 rings (SSSR count). The van der Waals surface area contributed by atoms with Crippen molar-refractivity contribution >= 4 is 35.1 Å². The molecule has 0 heterocycles. The van der Waals surface area contributed by atoms with Crippen molar-refractivity contribution in [1.29, 1.82) is 0 Å². The Bertz CT molecular complexity index is 636. The Morgan fingerprint density at radius 2 is 1.27 bits per heavy atom. The summed E-state index contributed by atoms with van der Waals surface area (Å²) in [4.78, 5) is 25.6. The second-order valence-corrected chi connectivity index (χ2v) is 8.62. The van der Waals surface area contributed by atoms with Gasteiger partial charge in [0, 0.05) is 10.0 Å². The van der Waals surface area contributed by atoms with E-state index >= 15 is 0 Å². The van der Waals surface area contributed by atoms with Gasteiger partial charge in [-0.2, -0.15) is 0 Å². The number of unbranched alkanes of at least 4 members (excludes halogenated alkanes) is 8. The van der Waals surface area contributed by atoms with E-state index in [4.69, 9.17) is 32.7 Å². The Morgan fingerprint density at radius 1 is 0.767 bits per heavy atom. The van der Waals surface area contributed by atoms with Crippen molar-refractivity contribution in [3.8, 4) is 5.75 Å². The molecule has 0 amide bonds. The van der Waals surface area contributed by atoms with E-state index in [2.05, 4.69) is 6.92 Å². The van der Waals surface area contributed by atoms with Gasteiger partial charge in [-0.1, -0.05) is 95.3 Å². The van der Waals surface area contributed by atoms with Crippen LogP contribution in [0.4, 0.5) is 0 Å². The summed E-state index contributed by atoms with van der Waals surface area (Å²) >= 11 is 11.9. The predicted molar refractivity (Wildman–Crippen MR) is 123 cm³/mol. The molecule has 0 aliphatic heterocycles. The standard InChI is InChI=1S/C24H36Cl2O4/c1-4-7-8-9-10-11-12-13-14-15-29-22(27)24(5-2,6-3)23(28)30-21-17-19(25)16-20(26)18-21/h16-18H,4-15H2,1-3H3. The molecule has 0 saturated heterocycles. The van der Waals surface area contributed by atoms with Crippen LogP contribution in [-0.2, 0) is 14.3 Å². The van der Waals surface area contributed by atoms with Gasteiger partial charge in [-0.15, -0.1) is 0 Å². The van der Waals surface area contributed by atoms with E-state index in [1.807, 2.05) is 0 Å². The fourth-order valence-corrected chi connectivity index (χ4v) is 3.92. The van der Waals surface area contributed by atoms with Gasteiger partial charge in [0.05, 0.1) is 6.61 Å². The van der Waals surface area contributed by atoms with Crippen LogP contribution in [0.15, 0.2) is 18.2 Å². The van der Waals surface area contributed by atoms with Gasteiger partial charge in [-0.3, -0.25) is 9.59 Å². The van der Waals surface area contributed by atoms with Crippen LogP contribution in [-0.4, -0.2) is 18.5 Å². The number of carbonyl (C=O) groups excluding carboxylic acids is 2. The number of carbonyl (C=O) groups is 2. The first-order chi connectivity index (χ1) is 14.4. The SMILES string of the molecule is CCCCCCCCCCCOC(=O)C(CC)(CC)C(=O)Oc1cc(Cl)cc(Cl)c1. The molecule has 0 atom stereocenters. The molecule has 170 valence electrons. The maximum absolute atomic E-state index is 12.8. The van der Waals surface area contributed by atoms with Crippen LogP contribution >= 0.6 is 23.2 Å². The fraction of sp³-hybridized carbons (Fsp3) is 0.667. The molecule has 4 nitrogen and oxygen atoms in total. The molecular weight excluding hydrogens is 423 g/mol. The second-order valence-electron chi connectivity index (χ2n) is 7.75. The van der Waals surface area contributed by atoms with E-state index in [0.717, 1.165) is 19.3 Å².